The fourth-order valence-corrected chi connectivity index (χ4v) is 3.12. The molecule has 0 bridgehead atoms. The lowest BCUT2D eigenvalue weighted by Gasteiger charge is -2.31. The number of hydrogen-bond acceptors (Lipinski definition) is 4. The van der Waals surface area contributed by atoms with Crippen LogP contribution in [0.5, 0.6) is 0 Å². The van der Waals surface area contributed by atoms with Crippen LogP contribution in [-0.4, -0.2) is 68.9 Å². The summed E-state index contributed by atoms with van der Waals surface area (Å²) in [4.78, 5) is 37.8. The van der Waals surface area contributed by atoms with Crippen molar-refractivity contribution in [3.63, 3.8) is 0 Å². The average molecular weight is 378 g/mol. The topological polar surface area (TPSA) is 107 Å². The molecule has 2 amide bonds. The number of hydrogen-bond donors (Lipinski definition) is 2. The predicted octanol–water partition coefficient (Wildman–Crippen LogP) is 2.67. The minimum Gasteiger partial charge on any atom is -0.480 e. The molecule has 0 aromatic heterocycles. The molecule has 1 saturated heterocycles. The summed E-state index contributed by atoms with van der Waals surface area (Å²) >= 11 is 0. The van der Waals surface area contributed by atoms with E-state index in [0.29, 0.717) is 13.0 Å². The van der Waals surface area contributed by atoms with Gasteiger partial charge in [0.2, 0.25) is 0 Å². The van der Waals surface area contributed by atoms with Crippen LogP contribution >= 0.6 is 0 Å². The Labute approximate surface area is 158 Å². The lowest BCUT2D eigenvalue weighted by atomic mass is 10.1. The van der Waals surface area contributed by atoms with E-state index in [-0.39, 0.29) is 13.0 Å². The molecule has 1 aliphatic heterocycles. The van der Waals surface area contributed by atoms with Crippen LogP contribution in [0.3, 0.4) is 0 Å². The Morgan fingerprint density at radius 1 is 1.19 bits per heavy atom. The van der Waals surface area contributed by atoms with Crippen LogP contribution in [0.1, 0.15) is 32.8 Å². The van der Waals surface area contributed by atoms with Crippen LogP contribution in [-0.2, 0) is 16.0 Å². The van der Waals surface area contributed by atoms with Crippen molar-refractivity contribution in [2.45, 2.75) is 51.3 Å². The second-order valence-electron chi connectivity index (χ2n) is 7.59. The minimum atomic E-state index is -1.31. The maximum atomic E-state index is 12.7. The third-order valence-electron chi connectivity index (χ3n) is 4.36. The van der Waals surface area contributed by atoms with Crippen molar-refractivity contribution in [3.05, 3.63) is 35.9 Å². The van der Waals surface area contributed by atoms with Gasteiger partial charge in [0.15, 0.2) is 0 Å². The molecule has 8 nitrogen and oxygen atoms in total. The number of carbonyl (C=O) groups is 3. The molecule has 1 fully saturated rings. The first-order chi connectivity index (χ1) is 12.6. The predicted molar refractivity (Wildman–Crippen MR) is 97.6 cm³/mol. The van der Waals surface area contributed by atoms with Gasteiger partial charge in [-0.15, -0.1) is 0 Å². The first-order valence-corrected chi connectivity index (χ1v) is 8.84. The molecule has 0 saturated carbocycles. The van der Waals surface area contributed by atoms with Gasteiger partial charge >= 0.3 is 18.2 Å². The molecule has 148 valence electrons. The number of carboxylic acid groups (broad SMARTS) is 2. The summed E-state index contributed by atoms with van der Waals surface area (Å²) in [5.74, 6) is -1.22. The van der Waals surface area contributed by atoms with Gasteiger partial charge < -0.3 is 19.8 Å². The quantitative estimate of drug-likeness (QED) is 0.816. The highest BCUT2D eigenvalue weighted by molar-refractivity contribution is 5.80. The number of benzene rings is 1. The van der Waals surface area contributed by atoms with Gasteiger partial charge in [0, 0.05) is 19.5 Å². The summed E-state index contributed by atoms with van der Waals surface area (Å²) < 4.78 is 5.47. The van der Waals surface area contributed by atoms with E-state index in [0.717, 1.165) is 10.5 Å². The molecular weight excluding hydrogens is 352 g/mol. The van der Waals surface area contributed by atoms with Crippen LogP contribution in [0.15, 0.2) is 30.3 Å². The van der Waals surface area contributed by atoms with Crippen molar-refractivity contribution in [1.82, 2.24) is 9.80 Å². The Balaban J connectivity index is 2.19. The second-order valence-corrected chi connectivity index (χ2v) is 7.59. The zero-order valence-corrected chi connectivity index (χ0v) is 15.8. The Morgan fingerprint density at radius 3 is 2.30 bits per heavy atom. The molecule has 2 N–H and O–H groups in total. The molecule has 1 heterocycles. The SMILES string of the molecule is CC(C)(C)OC(=O)N(CCc1ccccc1)[C@@H]1C[C@@H](C(=O)O)N(C(=O)O)C1. The Kier molecular flexibility index (Phi) is 6.30. The summed E-state index contributed by atoms with van der Waals surface area (Å²) in [6, 6.07) is 7.84. The Bertz CT molecular complexity index is 663. The normalized spacial score (nSPS) is 19.6. The van der Waals surface area contributed by atoms with E-state index in [1.54, 1.807) is 20.8 Å². The largest absolute Gasteiger partial charge is 0.480 e. The van der Waals surface area contributed by atoms with Gasteiger partial charge in [-0.3, -0.25) is 4.90 Å². The minimum absolute atomic E-state index is 0.0374. The van der Waals surface area contributed by atoms with Crippen LogP contribution < -0.4 is 0 Å². The number of ether oxygens (including phenoxy) is 1. The first-order valence-electron chi connectivity index (χ1n) is 8.84. The molecule has 8 heteroatoms. The van der Waals surface area contributed by atoms with E-state index < -0.39 is 35.8 Å². The molecule has 1 aliphatic rings. The highest BCUT2D eigenvalue weighted by Gasteiger charge is 2.44. The van der Waals surface area contributed by atoms with Crippen molar-refractivity contribution in [2.24, 2.45) is 0 Å². The van der Waals surface area contributed by atoms with Crippen LogP contribution in [0.4, 0.5) is 9.59 Å². The molecule has 2 rings (SSSR count). The first kappa shape index (κ1) is 20.5. The molecule has 2 atom stereocenters. The van der Waals surface area contributed by atoms with Crippen molar-refractivity contribution < 1.29 is 29.3 Å². The van der Waals surface area contributed by atoms with E-state index in [2.05, 4.69) is 0 Å². The fraction of sp³-hybridized carbons (Fsp3) is 0.526. The van der Waals surface area contributed by atoms with Gasteiger partial charge in [0.05, 0.1) is 6.04 Å². The summed E-state index contributed by atoms with van der Waals surface area (Å²) in [7, 11) is 0. The van der Waals surface area contributed by atoms with Gasteiger partial charge in [0.25, 0.3) is 0 Å². The van der Waals surface area contributed by atoms with Crippen LogP contribution in [0.25, 0.3) is 0 Å². The van der Waals surface area contributed by atoms with Crippen molar-refractivity contribution in [3.8, 4) is 0 Å². The molecule has 0 aliphatic carbocycles. The fourth-order valence-electron chi connectivity index (χ4n) is 3.12. The summed E-state index contributed by atoms with van der Waals surface area (Å²) in [5, 5.41) is 18.6. The maximum Gasteiger partial charge on any atom is 0.410 e. The standard InChI is InChI=1S/C19H26N2O6/c1-19(2,3)27-18(26)20(10-9-13-7-5-4-6-8-13)14-11-15(16(22)23)21(12-14)17(24)25/h4-8,14-15H,9-12H2,1-3H3,(H,22,23)(H,24,25)/t14-,15+/m1/s1. The van der Waals surface area contributed by atoms with Crippen LogP contribution in [0, 0.1) is 0 Å². The molecule has 1 aromatic carbocycles. The Morgan fingerprint density at radius 2 is 1.81 bits per heavy atom. The zero-order valence-electron chi connectivity index (χ0n) is 15.8. The van der Waals surface area contributed by atoms with E-state index in [1.807, 2.05) is 30.3 Å². The molecule has 0 radical (unpaired) electrons. The second kappa shape index (κ2) is 8.28. The zero-order chi connectivity index (χ0) is 20.2. The van der Waals surface area contributed by atoms with Crippen LogP contribution in [0.2, 0.25) is 0 Å². The summed E-state index contributed by atoms with van der Waals surface area (Å²) in [6.07, 6.45) is -1.28. The van der Waals surface area contributed by atoms with Crippen molar-refractivity contribution in [1.29, 1.82) is 0 Å². The number of nitrogens with zero attached hydrogens (tertiary/aromatic N) is 2. The molecule has 0 spiro atoms. The van der Waals surface area contributed by atoms with Gasteiger partial charge in [-0.1, -0.05) is 30.3 Å². The Hall–Kier alpha value is -2.77. The number of likely N-dealkylation sites (tertiary alicyclic amines) is 1. The number of rotatable bonds is 5. The smallest absolute Gasteiger partial charge is 0.410 e. The number of amides is 2. The van der Waals surface area contributed by atoms with Crippen molar-refractivity contribution in [2.75, 3.05) is 13.1 Å². The number of carbonyl (C=O) groups excluding carboxylic acids is 1. The van der Waals surface area contributed by atoms with E-state index in [9.17, 15) is 24.6 Å². The third kappa shape index (κ3) is 5.60. The molecule has 1 aromatic rings. The third-order valence-corrected chi connectivity index (χ3v) is 4.36. The lowest BCUT2D eigenvalue weighted by Crippen LogP contribution is -2.46. The summed E-state index contributed by atoms with van der Waals surface area (Å²) in [5.41, 5.74) is 0.313. The van der Waals surface area contributed by atoms with Gasteiger partial charge in [-0.05, 0) is 32.8 Å². The number of carboxylic acids is 1. The number of aliphatic carboxylic acids is 1. The van der Waals surface area contributed by atoms with E-state index in [1.165, 1.54) is 4.90 Å². The maximum absolute atomic E-state index is 12.7. The van der Waals surface area contributed by atoms with E-state index in [4.69, 9.17) is 4.74 Å². The van der Waals surface area contributed by atoms with Crippen molar-refractivity contribution >= 4 is 18.2 Å². The van der Waals surface area contributed by atoms with Gasteiger partial charge in [-0.25, -0.2) is 14.4 Å². The van der Waals surface area contributed by atoms with Gasteiger partial charge in [0.1, 0.15) is 11.6 Å². The highest BCUT2D eigenvalue weighted by Crippen LogP contribution is 2.25. The molecule has 0 unspecified atom stereocenters. The summed E-state index contributed by atoms with van der Waals surface area (Å²) in [6.45, 7) is 5.50. The monoisotopic (exact) mass is 378 g/mol. The van der Waals surface area contributed by atoms with Gasteiger partial charge in [-0.2, -0.15) is 0 Å². The average Bonchev–Trinajstić information content (AvgIpc) is 3.00. The molecular formula is C19H26N2O6. The molecule has 27 heavy (non-hydrogen) atoms. The lowest BCUT2D eigenvalue weighted by molar-refractivity contribution is -0.141. The van der Waals surface area contributed by atoms with E-state index >= 15 is 0 Å². The highest BCUT2D eigenvalue weighted by atomic mass is 16.6.